The van der Waals surface area contributed by atoms with E-state index in [0.717, 1.165) is 26.6 Å². The number of hydrogen-bond donors (Lipinski definition) is 1. The Morgan fingerprint density at radius 1 is 1.15 bits per heavy atom. The summed E-state index contributed by atoms with van der Waals surface area (Å²) in [6.07, 6.45) is 1.75. The number of hydrogen-bond acceptors (Lipinski definition) is 4. The van der Waals surface area contributed by atoms with Crippen molar-refractivity contribution in [3.8, 4) is 0 Å². The summed E-state index contributed by atoms with van der Waals surface area (Å²) in [6, 6.07) is 3.77. The summed E-state index contributed by atoms with van der Waals surface area (Å²) in [5.74, 6) is 0. The lowest BCUT2D eigenvalue weighted by molar-refractivity contribution is 0.580. The molecule has 1 aromatic heterocycles. The molecule has 0 saturated carbocycles. The van der Waals surface area contributed by atoms with Crippen LogP contribution in [0.25, 0.3) is 0 Å². The molecule has 2 rings (SSSR count). The topological polar surface area (TPSA) is 59.1 Å². The van der Waals surface area contributed by atoms with E-state index in [1.807, 2.05) is 39.8 Å². The number of aryl methyl sites for hydroxylation is 4. The van der Waals surface area contributed by atoms with E-state index in [0.29, 0.717) is 4.90 Å². The lowest BCUT2D eigenvalue weighted by Crippen LogP contribution is -2.24. The van der Waals surface area contributed by atoms with Crippen LogP contribution in [-0.4, -0.2) is 13.4 Å². The molecule has 20 heavy (non-hydrogen) atoms. The Morgan fingerprint density at radius 3 is 2.25 bits per heavy atom. The number of rotatable bonds is 4. The highest BCUT2D eigenvalue weighted by atomic mass is 32.2. The van der Waals surface area contributed by atoms with E-state index >= 15 is 0 Å². The quantitative estimate of drug-likeness (QED) is 0.944. The van der Waals surface area contributed by atoms with Crippen molar-refractivity contribution in [1.82, 2.24) is 9.71 Å². The van der Waals surface area contributed by atoms with Gasteiger partial charge in [-0.15, -0.1) is 11.3 Å². The minimum atomic E-state index is -3.51. The van der Waals surface area contributed by atoms with Crippen LogP contribution in [0.15, 0.2) is 23.2 Å². The monoisotopic (exact) mass is 310 g/mol. The molecule has 4 nitrogen and oxygen atoms in total. The second kappa shape index (κ2) is 5.63. The normalized spacial score (nSPS) is 11.8. The summed E-state index contributed by atoms with van der Waals surface area (Å²) in [5, 5.41) is 0.772. The Balaban J connectivity index is 2.27. The first-order valence-corrected chi connectivity index (χ1v) is 8.58. The Bertz CT molecular complexity index is 710. The fraction of sp³-hybridized carbons (Fsp3) is 0.357. The third-order valence-corrected chi connectivity index (χ3v) is 5.57. The summed E-state index contributed by atoms with van der Waals surface area (Å²) in [7, 11) is -3.51. The molecular formula is C14H18N2O2S2. The first-order valence-electron chi connectivity index (χ1n) is 6.28. The molecule has 0 aliphatic heterocycles. The van der Waals surface area contributed by atoms with Crippen LogP contribution in [0.2, 0.25) is 0 Å². The number of aromatic nitrogens is 1. The first-order chi connectivity index (χ1) is 9.29. The summed E-state index contributed by atoms with van der Waals surface area (Å²) < 4.78 is 27.5. The Hall–Kier alpha value is -1.24. The molecule has 0 radical (unpaired) electrons. The van der Waals surface area contributed by atoms with Crippen molar-refractivity contribution in [2.24, 2.45) is 0 Å². The molecule has 0 amide bonds. The molecule has 0 atom stereocenters. The predicted molar refractivity (Wildman–Crippen MR) is 81.5 cm³/mol. The molecule has 1 N–H and O–H groups in total. The van der Waals surface area contributed by atoms with Crippen molar-refractivity contribution in [2.45, 2.75) is 39.1 Å². The Labute approximate surface area is 123 Å². The maximum atomic E-state index is 12.4. The van der Waals surface area contributed by atoms with E-state index in [9.17, 15) is 8.42 Å². The van der Waals surface area contributed by atoms with Gasteiger partial charge < -0.3 is 0 Å². The lowest BCUT2D eigenvalue weighted by atomic mass is 10.1. The van der Waals surface area contributed by atoms with Crippen molar-refractivity contribution in [3.63, 3.8) is 0 Å². The number of thiazole rings is 1. The number of nitrogens with zero attached hydrogens (tertiary/aromatic N) is 1. The second-order valence-electron chi connectivity index (χ2n) is 4.92. The van der Waals surface area contributed by atoms with Crippen LogP contribution >= 0.6 is 11.3 Å². The SMILES string of the molecule is Cc1cc(C)c(S(=O)(=O)NCc2ncc(C)s2)c(C)c1. The van der Waals surface area contributed by atoms with E-state index in [2.05, 4.69) is 9.71 Å². The first kappa shape index (κ1) is 15.2. The molecule has 0 bridgehead atoms. The van der Waals surface area contributed by atoms with Crippen LogP contribution in [0.5, 0.6) is 0 Å². The van der Waals surface area contributed by atoms with Gasteiger partial charge in [0.15, 0.2) is 0 Å². The van der Waals surface area contributed by atoms with E-state index in [-0.39, 0.29) is 6.54 Å². The third kappa shape index (κ3) is 3.26. The highest BCUT2D eigenvalue weighted by molar-refractivity contribution is 7.89. The molecule has 0 aliphatic carbocycles. The van der Waals surface area contributed by atoms with Gasteiger partial charge in [-0.25, -0.2) is 18.1 Å². The molecule has 6 heteroatoms. The van der Waals surface area contributed by atoms with Gasteiger partial charge in [0.1, 0.15) is 5.01 Å². The predicted octanol–water partition coefficient (Wildman–Crippen LogP) is 2.86. The molecule has 2 aromatic rings. The minimum absolute atomic E-state index is 0.230. The van der Waals surface area contributed by atoms with Crippen LogP contribution < -0.4 is 4.72 Å². The van der Waals surface area contributed by atoms with Gasteiger partial charge in [-0.1, -0.05) is 17.7 Å². The zero-order chi connectivity index (χ0) is 14.9. The van der Waals surface area contributed by atoms with E-state index < -0.39 is 10.0 Å². The molecule has 1 aromatic carbocycles. The smallest absolute Gasteiger partial charge is 0.241 e. The van der Waals surface area contributed by atoms with Crippen molar-refractivity contribution < 1.29 is 8.42 Å². The maximum Gasteiger partial charge on any atom is 0.241 e. The standard InChI is InChI=1S/C14H18N2O2S2/c1-9-5-10(2)14(11(3)6-9)20(17,18)16-8-13-15-7-12(4)19-13/h5-7,16H,8H2,1-4H3. The van der Waals surface area contributed by atoms with Gasteiger partial charge in [0.25, 0.3) is 0 Å². The van der Waals surface area contributed by atoms with Crippen LogP contribution in [0.3, 0.4) is 0 Å². The number of sulfonamides is 1. The van der Waals surface area contributed by atoms with Gasteiger partial charge in [0.05, 0.1) is 11.4 Å². The molecule has 1 heterocycles. The van der Waals surface area contributed by atoms with E-state index in [4.69, 9.17) is 0 Å². The van der Waals surface area contributed by atoms with Gasteiger partial charge in [-0.05, 0) is 38.8 Å². The van der Waals surface area contributed by atoms with Crippen molar-refractivity contribution in [2.75, 3.05) is 0 Å². The summed E-state index contributed by atoms with van der Waals surface area (Å²) in [5.41, 5.74) is 2.60. The summed E-state index contributed by atoms with van der Waals surface area (Å²) in [4.78, 5) is 5.61. The van der Waals surface area contributed by atoms with Crippen LogP contribution in [0, 0.1) is 27.7 Å². The minimum Gasteiger partial charge on any atom is -0.248 e. The fourth-order valence-electron chi connectivity index (χ4n) is 2.30. The van der Waals surface area contributed by atoms with E-state index in [1.165, 1.54) is 11.3 Å². The van der Waals surface area contributed by atoms with E-state index in [1.54, 1.807) is 6.20 Å². The second-order valence-corrected chi connectivity index (χ2v) is 7.94. The van der Waals surface area contributed by atoms with Crippen LogP contribution in [-0.2, 0) is 16.6 Å². The summed E-state index contributed by atoms with van der Waals surface area (Å²) in [6.45, 7) is 7.78. The molecule has 0 spiro atoms. The molecule has 0 saturated heterocycles. The zero-order valence-electron chi connectivity index (χ0n) is 12.0. The highest BCUT2D eigenvalue weighted by Gasteiger charge is 2.19. The van der Waals surface area contributed by atoms with Gasteiger partial charge in [0, 0.05) is 11.1 Å². The van der Waals surface area contributed by atoms with Crippen molar-refractivity contribution >= 4 is 21.4 Å². The molecule has 0 aliphatic rings. The lowest BCUT2D eigenvalue weighted by Gasteiger charge is -2.12. The number of nitrogens with one attached hydrogen (secondary N) is 1. The van der Waals surface area contributed by atoms with Crippen molar-refractivity contribution in [1.29, 1.82) is 0 Å². The molecule has 0 unspecified atom stereocenters. The largest absolute Gasteiger partial charge is 0.248 e. The van der Waals surface area contributed by atoms with Crippen LogP contribution in [0.4, 0.5) is 0 Å². The Morgan fingerprint density at radius 2 is 1.75 bits per heavy atom. The maximum absolute atomic E-state index is 12.4. The molecular weight excluding hydrogens is 292 g/mol. The highest BCUT2D eigenvalue weighted by Crippen LogP contribution is 2.22. The molecule has 108 valence electrons. The molecule has 0 fully saturated rings. The van der Waals surface area contributed by atoms with Gasteiger partial charge >= 0.3 is 0 Å². The zero-order valence-corrected chi connectivity index (χ0v) is 13.7. The van der Waals surface area contributed by atoms with Crippen molar-refractivity contribution in [3.05, 3.63) is 44.9 Å². The van der Waals surface area contributed by atoms with Gasteiger partial charge in [-0.3, -0.25) is 0 Å². The third-order valence-electron chi connectivity index (χ3n) is 2.96. The average molecular weight is 310 g/mol. The number of benzene rings is 1. The van der Waals surface area contributed by atoms with Gasteiger partial charge in [0.2, 0.25) is 10.0 Å². The fourth-order valence-corrected chi connectivity index (χ4v) is 4.56. The van der Waals surface area contributed by atoms with Crippen LogP contribution in [0.1, 0.15) is 26.6 Å². The van der Waals surface area contributed by atoms with Gasteiger partial charge in [-0.2, -0.15) is 0 Å². The Kier molecular flexibility index (Phi) is 4.27. The average Bonchev–Trinajstić information content (AvgIpc) is 2.71. The summed E-state index contributed by atoms with van der Waals surface area (Å²) >= 11 is 1.50.